The molecule has 0 spiro atoms. The van der Waals surface area contributed by atoms with Gasteiger partial charge in [-0.2, -0.15) is 5.10 Å². The van der Waals surface area contributed by atoms with E-state index >= 15 is 0 Å². The zero-order valence-electron chi connectivity index (χ0n) is 16.8. The molecular weight excluding hydrogens is 366 g/mol. The highest BCUT2D eigenvalue weighted by atomic mass is 16.2. The van der Waals surface area contributed by atoms with Crippen LogP contribution < -0.4 is 10.9 Å². The number of rotatable bonds is 6. The van der Waals surface area contributed by atoms with Crippen LogP contribution in [0.4, 0.5) is 5.95 Å². The van der Waals surface area contributed by atoms with Crippen molar-refractivity contribution in [2.75, 3.05) is 5.32 Å². The maximum absolute atomic E-state index is 12.9. The van der Waals surface area contributed by atoms with Gasteiger partial charge in [0.15, 0.2) is 0 Å². The summed E-state index contributed by atoms with van der Waals surface area (Å²) in [6.45, 7) is 2.56. The Morgan fingerprint density at radius 3 is 2.72 bits per heavy atom. The lowest BCUT2D eigenvalue weighted by atomic mass is 9.95. The van der Waals surface area contributed by atoms with Crippen LogP contribution >= 0.6 is 0 Å². The van der Waals surface area contributed by atoms with E-state index in [4.69, 9.17) is 0 Å². The molecule has 0 atom stereocenters. The molecule has 0 unspecified atom stereocenters. The van der Waals surface area contributed by atoms with Gasteiger partial charge < -0.3 is 4.57 Å². The SMILES string of the molecule is CCCCn1nc(C(=O)Nc2nc3ccccc3n2C2CCCCC2)ccc1=O. The average Bonchev–Trinajstić information content (AvgIpc) is 3.11. The highest BCUT2D eigenvalue weighted by Gasteiger charge is 2.23. The molecule has 0 radical (unpaired) electrons. The van der Waals surface area contributed by atoms with Gasteiger partial charge in [-0.3, -0.25) is 14.9 Å². The van der Waals surface area contributed by atoms with Crippen molar-refractivity contribution in [1.29, 1.82) is 0 Å². The van der Waals surface area contributed by atoms with Crippen molar-refractivity contribution in [2.24, 2.45) is 0 Å². The van der Waals surface area contributed by atoms with E-state index in [0.29, 0.717) is 18.5 Å². The number of carbonyl (C=O) groups is 1. The predicted octanol–water partition coefficient (Wildman–Crippen LogP) is 4.15. The van der Waals surface area contributed by atoms with Crippen molar-refractivity contribution in [2.45, 2.75) is 64.5 Å². The van der Waals surface area contributed by atoms with E-state index in [1.54, 1.807) is 0 Å². The molecule has 4 rings (SSSR count). The Morgan fingerprint density at radius 1 is 1.14 bits per heavy atom. The molecule has 3 aromatic rings. The van der Waals surface area contributed by atoms with E-state index in [0.717, 1.165) is 36.7 Å². The number of unbranched alkanes of at least 4 members (excludes halogenated alkanes) is 1. The molecule has 0 aliphatic heterocycles. The van der Waals surface area contributed by atoms with Gasteiger partial charge in [-0.05, 0) is 37.5 Å². The smallest absolute Gasteiger partial charge is 0.278 e. The van der Waals surface area contributed by atoms with Gasteiger partial charge in [0.05, 0.1) is 11.0 Å². The molecule has 2 aromatic heterocycles. The van der Waals surface area contributed by atoms with E-state index in [9.17, 15) is 9.59 Å². The summed E-state index contributed by atoms with van der Waals surface area (Å²) >= 11 is 0. The highest BCUT2D eigenvalue weighted by Crippen LogP contribution is 2.34. The minimum atomic E-state index is -0.345. The van der Waals surface area contributed by atoms with Crippen LogP contribution in [0.2, 0.25) is 0 Å². The molecule has 152 valence electrons. The molecule has 7 nitrogen and oxygen atoms in total. The fourth-order valence-corrected chi connectivity index (χ4v) is 4.05. The van der Waals surface area contributed by atoms with Crippen molar-refractivity contribution in [3.05, 3.63) is 52.4 Å². The number of aromatic nitrogens is 4. The molecule has 0 saturated heterocycles. The molecule has 1 saturated carbocycles. The zero-order valence-corrected chi connectivity index (χ0v) is 16.8. The number of hydrogen-bond acceptors (Lipinski definition) is 4. The summed E-state index contributed by atoms with van der Waals surface area (Å²) in [5.41, 5.74) is 1.94. The lowest BCUT2D eigenvalue weighted by Gasteiger charge is -2.25. The minimum absolute atomic E-state index is 0.190. The van der Waals surface area contributed by atoms with Crippen molar-refractivity contribution in [3.8, 4) is 0 Å². The van der Waals surface area contributed by atoms with Crippen molar-refractivity contribution in [3.63, 3.8) is 0 Å². The Labute approximate surface area is 169 Å². The van der Waals surface area contributed by atoms with E-state index in [1.807, 2.05) is 18.2 Å². The van der Waals surface area contributed by atoms with Crippen LogP contribution in [0, 0.1) is 0 Å². The van der Waals surface area contributed by atoms with Gasteiger partial charge in [0.2, 0.25) is 5.95 Å². The molecule has 1 aromatic carbocycles. The summed E-state index contributed by atoms with van der Waals surface area (Å²) in [6, 6.07) is 11.2. The first-order valence-electron chi connectivity index (χ1n) is 10.5. The van der Waals surface area contributed by atoms with Gasteiger partial charge in [0.1, 0.15) is 5.69 Å². The van der Waals surface area contributed by atoms with Crippen LogP contribution in [0.3, 0.4) is 0 Å². The van der Waals surface area contributed by atoms with Crippen molar-refractivity contribution < 1.29 is 4.79 Å². The predicted molar refractivity (Wildman–Crippen MR) is 113 cm³/mol. The van der Waals surface area contributed by atoms with Crippen LogP contribution in [0.1, 0.15) is 68.4 Å². The fraction of sp³-hybridized carbons (Fsp3) is 0.455. The van der Waals surface area contributed by atoms with Crippen LogP contribution in [0.15, 0.2) is 41.2 Å². The third-order valence-electron chi connectivity index (χ3n) is 5.58. The number of hydrogen-bond donors (Lipinski definition) is 1. The van der Waals surface area contributed by atoms with Crippen molar-refractivity contribution in [1.82, 2.24) is 19.3 Å². The second-order valence-corrected chi connectivity index (χ2v) is 7.67. The topological polar surface area (TPSA) is 81.8 Å². The van der Waals surface area contributed by atoms with Gasteiger partial charge in [-0.15, -0.1) is 0 Å². The molecule has 1 amide bonds. The second kappa shape index (κ2) is 8.59. The number of nitrogens with one attached hydrogen (secondary N) is 1. The van der Waals surface area contributed by atoms with Gasteiger partial charge in [0, 0.05) is 18.7 Å². The lowest BCUT2D eigenvalue weighted by molar-refractivity contribution is 0.101. The van der Waals surface area contributed by atoms with Gasteiger partial charge in [-0.1, -0.05) is 44.7 Å². The summed E-state index contributed by atoms with van der Waals surface area (Å²) < 4.78 is 3.53. The highest BCUT2D eigenvalue weighted by molar-refractivity contribution is 6.02. The van der Waals surface area contributed by atoms with E-state index in [1.165, 1.54) is 36.1 Å². The van der Waals surface area contributed by atoms with Crippen LogP contribution in [0.5, 0.6) is 0 Å². The third-order valence-corrected chi connectivity index (χ3v) is 5.58. The molecule has 1 fully saturated rings. The summed E-state index contributed by atoms with van der Waals surface area (Å²) in [6.07, 6.45) is 7.61. The number of imidazole rings is 1. The monoisotopic (exact) mass is 393 g/mol. The minimum Gasteiger partial charge on any atom is -0.307 e. The van der Waals surface area contributed by atoms with Crippen LogP contribution in [-0.2, 0) is 6.54 Å². The van der Waals surface area contributed by atoms with E-state index in [2.05, 4.69) is 33.0 Å². The Kier molecular flexibility index (Phi) is 5.74. The van der Waals surface area contributed by atoms with Crippen molar-refractivity contribution >= 4 is 22.9 Å². The first-order valence-corrected chi connectivity index (χ1v) is 10.5. The van der Waals surface area contributed by atoms with Gasteiger partial charge in [-0.25, -0.2) is 9.67 Å². The van der Waals surface area contributed by atoms with E-state index in [-0.39, 0.29) is 17.2 Å². The number of nitrogens with zero attached hydrogens (tertiary/aromatic N) is 4. The maximum atomic E-state index is 12.9. The molecular formula is C22H27N5O2. The quantitative estimate of drug-likeness (QED) is 0.682. The summed E-state index contributed by atoms with van der Waals surface area (Å²) in [4.78, 5) is 29.6. The number of benzene rings is 1. The molecule has 7 heteroatoms. The lowest BCUT2D eigenvalue weighted by Crippen LogP contribution is -2.27. The third kappa shape index (κ3) is 4.09. The summed E-state index contributed by atoms with van der Waals surface area (Å²) in [5, 5.41) is 7.21. The Hall–Kier alpha value is -2.96. The molecule has 29 heavy (non-hydrogen) atoms. The first-order chi connectivity index (χ1) is 14.2. The van der Waals surface area contributed by atoms with Gasteiger partial charge >= 0.3 is 0 Å². The fourth-order valence-electron chi connectivity index (χ4n) is 4.05. The molecule has 1 aliphatic carbocycles. The Balaban J connectivity index is 1.65. The standard InChI is InChI=1S/C22H27N5O2/c1-2-3-15-26-20(28)14-13-18(25-26)21(29)24-22-23-17-11-7-8-12-19(17)27(22)16-9-5-4-6-10-16/h7-8,11-14,16H,2-6,9-10,15H2,1H3,(H,23,24,29). The number of para-hydroxylation sites is 2. The number of fused-ring (bicyclic) bond motifs is 1. The Morgan fingerprint density at radius 2 is 1.93 bits per heavy atom. The number of anilines is 1. The van der Waals surface area contributed by atoms with Crippen LogP contribution in [0.25, 0.3) is 11.0 Å². The number of aryl methyl sites for hydroxylation is 1. The Bertz CT molecular complexity index is 1060. The number of carbonyl (C=O) groups excluding carboxylic acids is 1. The molecule has 2 heterocycles. The van der Waals surface area contributed by atoms with E-state index < -0.39 is 0 Å². The molecule has 1 aliphatic rings. The first kappa shape index (κ1) is 19.4. The van der Waals surface area contributed by atoms with Crippen LogP contribution in [-0.4, -0.2) is 25.2 Å². The summed E-state index contributed by atoms with van der Waals surface area (Å²) in [7, 11) is 0. The maximum Gasteiger partial charge on any atom is 0.278 e. The average molecular weight is 393 g/mol. The second-order valence-electron chi connectivity index (χ2n) is 7.67. The summed E-state index contributed by atoms with van der Waals surface area (Å²) in [5.74, 6) is 0.207. The number of amides is 1. The zero-order chi connectivity index (χ0) is 20.2. The van der Waals surface area contributed by atoms with Gasteiger partial charge in [0.25, 0.3) is 11.5 Å². The molecule has 1 N–H and O–H groups in total. The molecule has 0 bridgehead atoms. The largest absolute Gasteiger partial charge is 0.307 e. The normalized spacial score (nSPS) is 14.9.